The quantitative estimate of drug-likeness (QED) is 0.329. The van der Waals surface area contributed by atoms with Crippen LogP contribution in [0.3, 0.4) is 0 Å². The predicted octanol–water partition coefficient (Wildman–Crippen LogP) is 5.93. The second-order valence-corrected chi connectivity index (χ2v) is 8.56. The third-order valence-electron chi connectivity index (χ3n) is 5.92. The Labute approximate surface area is 195 Å². The first kappa shape index (κ1) is 23.8. The Balaban J connectivity index is 0.00000289. The van der Waals surface area contributed by atoms with Gasteiger partial charge in [0.05, 0.1) is 10.5 Å². The number of nitrogens with zero attached hydrogens (tertiary/aromatic N) is 2. The van der Waals surface area contributed by atoms with Gasteiger partial charge in [-0.2, -0.15) is 0 Å². The van der Waals surface area contributed by atoms with Gasteiger partial charge >= 0.3 is 0 Å². The molecule has 3 aromatic carbocycles. The lowest BCUT2D eigenvalue weighted by Gasteiger charge is -2.27. The zero-order chi connectivity index (χ0) is 21.8. The van der Waals surface area contributed by atoms with E-state index >= 15 is 0 Å². The van der Waals surface area contributed by atoms with Gasteiger partial charge in [0.2, 0.25) is 0 Å². The third-order valence-corrected chi connectivity index (χ3v) is 5.92. The Bertz CT molecular complexity index is 1070. The molecule has 32 heavy (non-hydrogen) atoms. The zero-order valence-corrected chi connectivity index (χ0v) is 19.3. The standard InChI is InChI=1S/C26H28N2O3.ClH/c1-27(2)17-19-8-9-22-15-25(13-12-21(22)14-19)31-18-24-11-10-23(16-26(24)28(29)30)20-6-4-3-5-7-20;/h3-7,10-13,15-16,19H,8-9,14,17-18H2,1-2H3;1H. The van der Waals surface area contributed by atoms with Gasteiger partial charge in [0, 0.05) is 12.6 Å². The highest BCUT2D eigenvalue weighted by molar-refractivity contribution is 5.85. The first-order chi connectivity index (χ1) is 15.0. The van der Waals surface area contributed by atoms with Crippen molar-refractivity contribution >= 4 is 18.1 Å². The number of fused-ring (bicyclic) bond motifs is 1. The molecule has 1 atom stereocenters. The number of hydrogen-bond donors (Lipinski definition) is 0. The number of benzene rings is 3. The van der Waals surface area contributed by atoms with Crippen LogP contribution < -0.4 is 4.74 Å². The molecule has 0 spiro atoms. The van der Waals surface area contributed by atoms with E-state index in [-0.39, 0.29) is 29.6 Å². The SMILES string of the molecule is CN(C)CC1CCc2cc(OCc3ccc(-c4ccccc4)cc3[N+](=O)[O-])ccc2C1.Cl. The van der Waals surface area contributed by atoms with Crippen molar-refractivity contribution in [3.05, 3.63) is 93.5 Å². The van der Waals surface area contributed by atoms with Gasteiger partial charge in [-0.05, 0) is 79.7 Å². The minimum Gasteiger partial charge on any atom is -0.489 e. The minimum atomic E-state index is -0.330. The summed E-state index contributed by atoms with van der Waals surface area (Å²) in [5.41, 5.74) is 5.18. The molecule has 0 aliphatic heterocycles. The van der Waals surface area contributed by atoms with Gasteiger partial charge in [0.25, 0.3) is 5.69 Å². The maximum absolute atomic E-state index is 11.7. The molecule has 0 radical (unpaired) electrons. The van der Waals surface area contributed by atoms with E-state index in [1.165, 1.54) is 17.5 Å². The lowest BCUT2D eigenvalue weighted by Crippen LogP contribution is -2.26. The van der Waals surface area contributed by atoms with Gasteiger partial charge in [-0.15, -0.1) is 12.4 Å². The van der Waals surface area contributed by atoms with Gasteiger partial charge < -0.3 is 9.64 Å². The van der Waals surface area contributed by atoms with Gasteiger partial charge in [-0.1, -0.05) is 42.5 Å². The molecule has 5 nitrogen and oxygen atoms in total. The summed E-state index contributed by atoms with van der Waals surface area (Å²) in [7, 11) is 4.25. The van der Waals surface area contributed by atoms with Crippen LogP contribution in [0.5, 0.6) is 5.75 Å². The molecule has 0 amide bonds. The van der Waals surface area contributed by atoms with Gasteiger partial charge in [-0.25, -0.2) is 0 Å². The molecule has 0 N–H and O–H groups in total. The van der Waals surface area contributed by atoms with E-state index in [0.29, 0.717) is 11.5 Å². The zero-order valence-electron chi connectivity index (χ0n) is 18.5. The topological polar surface area (TPSA) is 55.6 Å². The monoisotopic (exact) mass is 452 g/mol. The van der Waals surface area contributed by atoms with Crippen molar-refractivity contribution in [3.63, 3.8) is 0 Å². The molecule has 1 aliphatic rings. The lowest BCUT2D eigenvalue weighted by atomic mass is 9.83. The molecular weight excluding hydrogens is 424 g/mol. The van der Waals surface area contributed by atoms with Crippen molar-refractivity contribution < 1.29 is 9.66 Å². The highest BCUT2D eigenvalue weighted by Crippen LogP contribution is 2.31. The van der Waals surface area contributed by atoms with E-state index in [4.69, 9.17) is 4.74 Å². The number of halogens is 1. The van der Waals surface area contributed by atoms with Crippen LogP contribution in [0.4, 0.5) is 5.69 Å². The van der Waals surface area contributed by atoms with Crippen LogP contribution in [0.2, 0.25) is 0 Å². The van der Waals surface area contributed by atoms with Crippen LogP contribution in [-0.2, 0) is 19.4 Å². The molecule has 1 aliphatic carbocycles. The lowest BCUT2D eigenvalue weighted by molar-refractivity contribution is -0.385. The highest BCUT2D eigenvalue weighted by Gasteiger charge is 2.20. The highest BCUT2D eigenvalue weighted by atomic mass is 35.5. The van der Waals surface area contributed by atoms with E-state index in [1.807, 2.05) is 42.5 Å². The maximum Gasteiger partial charge on any atom is 0.276 e. The van der Waals surface area contributed by atoms with E-state index in [9.17, 15) is 10.1 Å². The van der Waals surface area contributed by atoms with Crippen molar-refractivity contribution in [2.24, 2.45) is 5.92 Å². The Kier molecular flexibility index (Phi) is 7.89. The normalized spacial score (nSPS) is 15.0. The summed E-state index contributed by atoms with van der Waals surface area (Å²) in [5.74, 6) is 1.46. The molecule has 0 saturated heterocycles. The summed E-state index contributed by atoms with van der Waals surface area (Å²) >= 11 is 0. The van der Waals surface area contributed by atoms with Crippen molar-refractivity contribution in [2.45, 2.75) is 25.9 Å². The smallest absolute Gasteiger partial charge is 0.276 e. The summed E-state index contributed by atoms with van der Waals surface area (Å²) in [6, 6.07) is 21.3. The summed E-state index contributed by atoms with van der Waals surface area (Å²) in [6.45, 7) is 1.29. The largest absolute Gasteiger partial charge is 0.489 e. The molecule has 0 aromatic heterocycles. The Morgan fingerprint density at radius 1 is 1.00 bits per heavy atom. The number of nitro benzene ring substituents is 1. The maximum atomic E-state index is 11.7. The summed E-state index contributed by atoms with van der Waals surface area (Å²) in [5, 5.41) is 11.7. The number of aryl methyl sites for hydroxylation is 1. The van der Waals surface area contributed by atoms with Gasteiger partial charge in [-0.3, -0.25) is 10.1 Å². The fourth-order valence-corrected chi connectivity index (χ4v) is 4.40. The molecule has 0 saturated carbocycles. The molecular formula is C26H29ClN2O3. The van der Waals surface area contributed by atoms with Crippen molar-refractivity contribution in [1.82, 2.24) is 4.90 Å². The van der Waals surface area contributed by atoms with E-state index in [1.54, 1.807) is 12.1 Å². The third kappa shape index (κ3) is 5.67. The van der Waals surface area contributed by atoms with Crippen LogP contribution in [0.1, 0.15) is 23.1 Å². The number of ether oxygens (including phenoxy) is 1. The van der Waals surface area contributed by atoms with Crippen LogP contribution in [0.15, 0.2) is 66.7 Å². The van der Waals surface area contributed by atoms with Crippen molar-refractivity contribution in [2.75, 3.05) is 20.6 Å². The van der Waals surface area contributed by atoms with Crippen LogP contribution in [-0.4, -0.2) is 30.5 Å². The average molecular weight is 453 g/mol. The molecule has 168 valence electrons. The summed E-state index contributed by atoms with van der Waals surface area (Å²) in [4.78, 5) is 13.6. The molecule has 4 rings (SSSR count). The summed E-state index contributed by atoms with van der Waals surface area (Å²) in [6.07, 6.45) is 3.33. The molecule has 3 aromatic rings. The van der Waals surface area contributed by atoms with Crippen molar-refractivity contribution in [1.29, 1.82) is 0 Å². The second-order valence-electron chi connectivity index (χ2n) is 8.56. The van der Waals surface area contributed by atoms with Crippen molar-refractivity contribution in [3.8, 4) is 16.9 Å². The number of rotatable bonds is 7. The Morgan fingerprint density at radius 2 is 1.78 bits per heavy atom. The van der Waals surface area contributed by atoms with Gasteiger partial charge in [0.1, 0.15) is 12.4 Å². The molecule has 0 bridgehead atoms. The summed E-state index contributed by atoms with van der Waals surface area (Å²) < 4.78 is 5.97. The van der Waals surface area contributed by atoms with E-state index in [2.05, 4.69) is 31.1 Å². The fourth-order valence-electron chi connectivity index (χ4n) is 4.40. The van der Waals surface area contributed by atoms with E-state index < -0.39 is 0 Å². The first-order valence-corrected chi connectivity index (χ1v) is 10.7. The average Bonchev–Trinajstić information content (AvgIpc) is 2.77. The Morgan fingerprint density at radius 3 is 2.50 bits per heavy atom. The van der Waals surface area contributed by atoms with Crippen LogP contribution >= 0.6 is 12.4 Å². The molecule has 0 fully saturated rings. The first-order valence-electron chi connectivity index (χ1n) is 10.7. The molecule has 0 heterocycles. The van der Waals surface area contributed by atoms with Crippen LogP contribution in [0.25, 0.3) is 11.1 Å². The second kappa shape index (κ2) is 10.6. The van der Waals surface area contributed by atoms with Crippen LogP contribution in [0, 0.1) is 16.0 Å². The number of hydrogen-bond acceptors (Lipinski definition) is 4. The van der Waals surface area contributed by atoms with Gasteiger partial charge in [0.15, 0.2) is 0 Å². The molecule has 1 unspecified atom stereocenters. The molecule has 6 heteroatoms. The minimum absolute atomic E-state index is 0. The fraction of sp³-hybridized carbons (Fsp3) is 0.308. The number of nitro groups is 1. The Hall–Kier alpha value is -2.89. The van der Waals surface area contributed by atoms with E-state index in [0.717, 1.165) is 36.3 Å². The predicted molar refractivity (Wildman–Crippen MR) is 131 cm³/mol.